The Morgan fingerprint density at radius 1 is 1.50 bits per heavy atom. The second-order valence-electron chi connectivity index (χ2n) is 2.99. The first-order valence-corrected chi connectivity index (χ1v) is 4.54. The van der Waals surface area contributed by atoms with E-state index < -0.39 is 5.97 Å². The molecule has 6 heteroatoms. The molecule has 0 atom stereocenters. The minimum absolute atomic E-state index is 0.0780. The first-order chi connectivity index (χ1) is 7.70. The van der Waals surface area contributed by atoms with Crippen molar-refractivity contribution in [1.29, 1.82) is 0 Å². The van der Waals surface area contributed by atoms with E-state index in [1.807, 2.05) is 0 Å². The highest BCUT2D eigenvalue weighted by atomic mass is 16.4. The van der Waals surface area contributed by atoms with Gasteiger partial charge in [0.1, 0.15) is 5.82 Å². The molecule has 2 N–H and O–H groups in total. The fraction of sp³-hybridized carbons (Fsp3) is 0.100. The first kappa shape index (κ1) is 10.2. The zero-order valence-electron chi connectivity index (χ0n) is 8.47. The molecule has 0 aliphatic carbocycles. The Kier molecular flexibility index (Phi) is 2.55. The van der Waals surface area contributed by atoms with Crippen molar-refractivity contribution < 1.29 is 14.3 Å². The van der Waals surface area contributed by atoms with E-state index in [0.29, 0.717) is 11.6 Å². The molecule has 0 aliphatic heterocycles. The van der Waals surface area contributed by atoms with Gasteiger partial charge in [-0.15, -0.1) is 0 Å². The molecule has 0 aromatic carbocycles. The number of nitrogens with zero attached hydrogens (tertiary/aromatic N) is 2. The molecule has 0 saturated heterocycles. The SMILES string of the molecule is CNc1cc(C(=O)O)nc(-c2ccco2)n1. The van der Waals surface area contributed by atoms with Crippen LogP contribution in [-0.2, 0) is 0 Å². The summed E-state index contributed by atoms with van der Waals surface area (Å²) in [7, 11) is 1.65. The van der Waals surface area contributed by atoms with Crippen LogP contribution >= 0.6 is 0 Å². The minimum Gasteiger partial charge on any atom is -0.477 e. The van der Waals surface area contributed by atoms with Crippen LogP contribution in [0.5, 0.6) is 0 Å². The van der Waals surface area contributed by atoms with Crippen LogP contribution in [0.25, 0.3) is 11.6 Å². The second kappa shape index (κ2) is 4.01. The summed E-state index contributed by atoms with van der Waals surface area (Å²) < 4.78 is 5.11. The summed E-state index contributed by atoms with van der Waals surface area (Å²) in [6.07, 6.45) is 1.48. The summed E-state index contributed by atoms with van der Waals surface area (Å²) in [6, 6.07) is 4.71. The third-order valence-electron chi connectivity index (χ3n) is 1.94. The first-order valence-electron chi connectivity index (χ1n) is 4.54. The van der Waals surface area contributed by atoms with Gasteiger partial charge in [0.15, 0.2) is 17.3 Å². The van der Waals surface area contributed by atoms with Gasteiger partial charge in [-0.05, 0) is 12.1 Å². The molecule has 0 bridgehead atoms. The topological polar surface area (TPSA) is 88.2 Å². The predicted molar refractivity (Wildman–Crippen MR) is 56.2 cm³/mol. The minimum atomic E-state index is -1.10. The molecule has 2 aromatic rings. The number of carboxylic acids is 1. The maximum absolute atomic E-state index is 10.8. The number of aromatic nitrogens is 2. The molecule has 16 heavy (non-hydrogen) atoms. The maximum Gasteiger partial charge on any atom is 0.354 e. The molecule has 0 spiro atoms. The molecule has 0 saturated carbocycles. The molecular weight excluding hydrogens is 210 g/mol. The Balaban J connectivity index is 2.53. The van der Waals surface area contributed by atoms with Gasteiger partial charge in [0.2, 0.25) is 0 Å². The zero-order valence-corrected chi connectivity index (χ0v) is 8.47. The lowest BCUT2D eigenvalue weighted by molar-refractivity contribution is 0.0690. The molecule has 2 rings (SSSR count). The molecule has 0 aliphatic rings. The lowest BCUT2D eigenvalue weighted by atomic mass is 10.3. The quantitative estimate of drug-likeness (QED) is 0.812. The number of aromatic carboxylic acids is 1. The Morgan fingerprint density at radius 2 is 2.31 bits per heavy atom. The van der Waals surface area contributed by atoms with Crippen LogP contribution in [0.15, 0.2) is 28.9 Å². The van der Waals surface area contributed by atoms with E-state index in [-0.39, 0.29) is 11.5 Å². The van der Waals surface area contributed by atoms with Crippen LogP contribution in [0.3, 0.4) is 0 Å². The largest absolute Gasteiger partial charge is 0.477 e. The second-order valence-corrected chi connectivity index (χ2v) is 2.99. The van der Waals surface area contributed by atoms with E-state index in [2.05, 4.69) is 15.3 Å². The van der Waals surface area contributed by atoms with E-state index in [0.717, 1.165) is 0 Å². The van der Waals surface area contributed by atoms with E-state index >= 15 is 0 Å². The zero-order chi connectivity index (χ0) is 11.5. The highest BCUT2D eigenvalue weighted by Crippen LogP contribution is 2.18. The van der Waals surface area contributed by atoms with Crippen LogP contribution in [0, 0.1) is 0 Å². The van der Waals surface area contributed by atoms with Crippen molar-refractivity contribution in [2.24, 2.45) is 0 Å². The van der Waals surface area contributed by atoms with Crippen LogP contribution in [0.4, 0.5) is 5.82 Å². The fourth-order valence-electron chi connectivity index (χ4n) is 1.20. The van der Waals surface area contributed by atoms with Gasteiger partial charge in [-0.1, -0.05) is 0 Å². The lowest BCUT2D eigenvalue weighted by Gasteiger charge is -2.03. The summed E-state index contributed by atoms with van der Waals surface area (Å²) >= 11 is 0. The third-order valence-corrected chi connectivity index (χ3v) is 1.94. The number of anilines is 1. The average molecular weight is 219 g/mol. The highest BCUT2D eigenvalue weighted by Gasteiger charge is 2.12. The summed E-state index contributed by atoms with van der Waals surface area (Å²) in [6.45, 7) is 0. The standard InChI is InChI=1S/C10H9N3O3/c1-11-8-5-6(10(14)15)12-9(13-8)7-3-2-4-16-7/h2-5H,1H3,(H,14,15)(H,11,12,13). The Hall–Kier alpha value is -2.37. The molecule has 82 valence electrons. The Morgan fingerprint density at radius 3 is 2.88 bits per heavy atom. The normalized spacial score (nSPS) is 10.1. The monoisotopic (exact) mass is 219 g/mol. The van der Waals surface area contributed by atoms with Crippen molar-refractivity contribution in [2.45, 2.75) is 0 Å². The number of carboxylic acid groups (broad SMARTS) is 1. The maximum atomic E-state index is 10.8. The smallest absolute Gasteiger partial charge is 0.354 e. The average Bonchev–Trinajstić information content (AvgIpc) is 2.81. The highest BCUT2D eigenvalue weighted by molar-refractivity contribution is 5.86. The number of furan rings is 1. The van der Waals surface area contributed by atoms with Crippen molar-refractivity contribution in [3.8, 4) is 11.6 Å². The van der Waals surface area contributed by atoms with E-state index in [1.54, 1.807) is 19.2 Å². The van der Waals surface area contributed by atoms with Gasteiger partial charge in [-0.3, -0.25) is 0 Å². The van der Waals surface area contributed by atoms with Crippen molar-refractivity contribution in [1.82, 2.24) is 9.97 Å². The van der Waals surface area contributed by atoms with Crippen LogP contribution in [0.2, 0.25) is 0 Å². The lowest BCUT2D eigenvalue weighted by Crippen LogP contribution is -2.05. The van der Waals surface area contributed by atoms with Crippen LogP contribution in [0.1, 0.15) is 10.5 Å². The van der Waals surface area contributed by atoms with Gasteiger partial charge >= 0.3 is 5.97 Å². The van der Waals surface area contributed by atoms with Crippen LogP contribution < -0.4 is 5.32 Å². The molecule has 6 nitrogen and oxygen atoms in total. The number of nitrogens with one attached hydrogen (secondary N) is 1. The van der Waals surface area contributed by atoms with Gasteiger partial charge in [-0.25, -0.2) is 14.8 Å². The Labute approximate surface area is 91.0 Å². The van der Waals surface area contributed by atoms with Crippen molar-refractivity contribution in [3.05, 3.63) is 30.2 Å². The van der Waals surface area contributed by atoms with Crippen molar-refractivity contribution >= 4 is 11.8 Å². The van der Waals surface area contributed by atoms with Crippen molar-refractivity contribution in [3.63, 3.8) is 0 Å². The van der Waals surface area contributed by atoms with E-state index in [1.165, 1.54) is 12.3 Å². The van der Waals surface area contributed by atoms with Gasteiger partial charge in [-0.2, -0.15) is 0 Å². The number of carbonyl (C=O) groups is 1. The number of hydrogen-bond acceptors (Lipinski definition) is 5. The van der Waals surface area contributed by atoms with E-state index in [9.17, 15) is 4.79 Å². The van der Waals surface area contributed by atoms with Gasteiger partial charge in [0.25, 0.3) is 0 Å². The van der Waals surface area contributed by atoms with E-state index in [4.69, 9.17) is 9.52 Å². The number of rotatable bonds is 3. The molecule has 0 radical (unpaired) electrons. The van der Waals surface area contributed by atoms with Gasteiger partial charge in [0, 0.05) is 13.1 Å². The Bertz CT molecular complexity index is 508. The molecular formula is C10H9N3O3. The third kappa shape index (κ3) is 1.85. The summed E-state index contributed by atoms with van der Waals surface area (Å²) in [5, 5.41) is 11.6. The molecule has 0 fully saturated rings. The van der Waals surface area contributed by atoms with Crippen molar-refractivity contribution in [2.75, 3.05) is 12.4 Å². The molecule has 2 heterocycles. The summed E-state index contributed by atoms with van der Waals surface area (Å²) in [5.74, 6) is -0.000596. The fourth-order valence-corrected chi connectivity index (χ4v) is 1.20. The summed E-state index contributed by atoms with van der Waals surface area (Å²) in [5.41, 5.74) is -0.0780. The summed E-state index contributed by atoms with van der Waals surface area (Å²) in [4.78, 5) is 18.8. The molecule has 2 aromatic heterocycles. The number of hydrogen-bond donors (Lipinski definition) is 2. The van der Waals surface area contributed by atoms with Gasteiger partial charge < -0.3 is 14.8 Å². The molecule has 0 unspecified atom stereocenters. The molecule has 0 amide bonds. The van der Waals surface area contributed by atoms with Crippen LogP contribution in [-0.4, -0.2) is 28.1 Å². The predicted octanol–water partition coefficient (Wildman–Crippen LogP) is 1.48. The van der Waals surface area contributed by atoms with Gasteiger partial charge in [0.05, 0.1) is 6.26 Å².